The standard InChI is InChI=1S/C37H35ClF3N7O3S/c38-23-10-21-30(28(41)27(23)20-4-5-24(40)32-26(20)22(12-42)33(43)52-32)45-36(50-15-37-6-1-7-47(37)14-18(39)11-37)46-34(21)51-25-9-19-8-17(25)13-48(19)35(49)31-29(44-31)16-2-3-16/h4-5,10,16-19,25,29,31,44H,1-3,6-9,11,13-15,43H2/t17-,18+,19-,25?,29-,31+,37-/m0/s1. The van der Waals surface area contributed by atoms with Gasteiger partial charge in [0, 0.05) is 54.9 Å². The van der Waals surface area contributed by atoms with Gasteiger partial charge in [-0.05, 0) is 62.3 Å². The number of nitrogens with two attached hydrogens (primary N) is 1. The molecule has 1 unspecified atom stereocenters. The van der Waals surface area contributed by atoms with Gasteiger partial charge >= 0.3 is 6.01 Å². The molecule has 10 rings (SSSR count). The van der Waals surface area contributed by atoms with Crippen LogP contribution in [0.15, 0.2) is 18.2 Å². The Morgan fingerprint density at radius 2 is 2.06 bits per heavy atom. The van der Waals surface area contributed by atoms with Crippen molar-refractivity contribution in [3.8, 4) is 29.1 Å². The Morgan fingerprint density at radius 1 is 1.21 bits per heavy atom. The van der Waals surface area contributed by atoms with Crippen molar-refractivity contribution in [2.24, 2.45) is 11.8 Å². The Bertz CT molecular complexity index is 2230. The highest BCUT2D eigenvalue weighted by atomic mass is 35.5. The molecule has 15 heteroatoms. The number of thiophene rings is 1. The Hall–Kier alpha value is -3.90. The van der Waals surface area contributed by atoms with Crippen LogP contribution in [-0.4, -0.2) is 87.9 Å². The average Bonchev–Trinajstić information content (AvgIpc) is 3.91. The van der Waals surface area contributed by atoms with Gasteiger partial charge in [0.1, 0.15) is 47.3 Å². The number of alkyl halides is 1. The van der Waals surface area contributed by atoms with Crippen molar-refractivity contribution in [1.82, 2.24) is 25.1 Å². The number of anilines is 1. The molecule has 0 radical (unpaired) electrons. The topological polar surface area (TPSA) is 140 Å². The number of hydrogen-bond donors (Lipinski definition) is 2. The molecule has 0 spiro atoms. The number of carbonyl (C=O) groups is 1. The minimum atomic E-state index is -0.959. The Kier molecular flexibility index (Phi) is 7.43. The molecule has 6 aliphatic rings. The molecule has 7 atom stereocenters. The van der Waals surface area contributed by atoms with Gasteiger partial charge in [-0.3, -0.25) is 15.0 Å². The lowest BCUT2D eigenvalue weighted by atomic mass is 9.95. The zero-order valence-corrected chi connectivity index (χ0v) is 29.6. The third kappa shape index (κ3) is 5.06. The molecular weight excluding hydrogens is 715 g/mol. The number of ether oxygens (including phenoxy) is 2. The molecule has 270 valence electrons. The maximum atomic E-state index is 17.0. The van der Waals surface area contributed by atoms with Gasteiger partial charge in [-0.1, -0.05) is 17.7 Å². The van der Waals surface area contributed by atoms with Crippen LogP contribution < -0.4 is 20.5 Å². The smallest absolute Gasteiger partial charge is 0.320 e. The van der Waals surface area contributed by atoms with E-state index in [1.165, 1.54) is 31.0 Å². The van der Waals surface area contributed by atoms with Gasteiger partial charge in [0.05, 0.1) is 26.2 Å². The Morgan fingerprint density at radius 3 is 2.83 bits per heavy atom. The predicted molar refractivity (Wildman–Crippen MR) is 189 cm³/mol. The van der Waals surface area contributed by atoms with Crippen LogP contribution in [0.25, 0.3) is 32.1 Å². The fourth-order valence-corrected chi connectivity index (χ4v) is 10.8. The van der Waals surface area contributed by atoms with E-state index >= 15 is 4.39 Å². The van der Waals surface area contributed by atoms with Crippen molar-refractivity contribution in [1.29, 1.82) is 5.26 Å². The summed E-state index contributed by atoms with van der Waals surface area (Å²) in [4.78, 5) is 26.6. The number of likely N-dealkylation sites (tertiary alicyclic amines) is 1. The van der Waals surface area contributed by atoms with E-state index in [0.29, 0.717) is 37.9 Å². The van der Waals surface area contributed by atoms with E-state index in [4.69, 9.17) is 26.8 Å². The number of piperidine rings is 1. The maximum absolute atomic E-state index is 17.0. The van der Waals surface area contributed by atoms with E-state index in [9.17, 15) is 18.8 Å². The summed E-state index contributed by atoms with van der Waals surface area (Å²) in [7, 11) is 0. The summed E-state index contributed by atoms with van der Waals surface area (Å²) in [6.45, 7) is 1.82. The van der Waals surface area contributed by atoms with Crippen molar-refractivity contribution in [3.63, 3.8) is 0 Å². The van der Waals surface area contributed by atoms with E-state index in [0.717, 1.165) is 37.1 Å². The molecular formula is C37H35ClF3N7O3S. The molecule has 6 fully saturated rings. The number of nitrogens with one attached hydrogen (secondary N) is 1. The fourth-order valence-electron chi connectivity index (χ4n) is 9.59. The molecule has 4 aliphatic heterocycles. The van der Waals surface area contributed by atoms with Crippen LogP contribution in [0.1, 0.15) is 50.5 Å². The zero-order chi connectivity index (χ0) is 35.6. The van der Waals surface area contributed by atoms with Gasteiger partial charge in [0.25, 0.3) is 0 Å². The fraction of sp³-hybridized carbons (Fsp3) is 0.514. The molecule has 1 amide bonds. The normalized spacial score (nSPS) is 30.7. The lowest BCUT2D eigenvalue weighted by Crippen LogP contribution is -2.45. The maximum Gasteiger partial charge on any atom is 0.320 e. The quantitative estimate of drug-likeness (QED) is 0.209. The van der Waals surface area contributed by atoms with Crippen LogP contribution in [0.4, 0.5) is 18.2 Å². The molecule has 52 heavy (non-hydrogen) atoms. The zero-order valence-electron chi connectivity index (χ0n) is 28.0. The second-order valence-corrected chi connectivity index (χ2v) is 16.9. The highest BCUT2D eigenvalue weighted by molar-refractivity contribution is 7.23. The van der Waals surface area contributed by atoms with Crippen molar-refractivity contribution < 1.29 is 27.4 Å². The summed E-state index contributed by atoms with van der Waals surface area (Å²) < 4.78 is 59.5. The number of nitrogen functional groups attached to an aromatic ring is 1. The second-order valence-electron chi connectivity index (χ2n) is 15.4. The molecule has 10 nitrogen and oxygen atoms in total. The number of hydrogen-bond acceptors (Lipinski definition) is 10. The summed E-state index contributed by atoms with van der Waals surface area (Å²) in [6, 6.07) is 6.26. The first-order valence-electron chi connectivity index (χ1n) is 18.0. The number of fused-ring (bicyclic) bond motifs is 5. The van der Waals surface area contributed by atoms with Gasteiger partial charge in [-0.2, -0.15) is 15.2 Å². The van der Waals surface area contributed by atoms with Gasteiger partial charge < -0.3 is 20.1 Å². The van der Waals surface area contributed by atoms with E-state index in [1.807, 2.05) is 11.0 Å². The van der Waals surface area contributed by atoms with Gasteiger partial charge in [0.2, 0.25) is 11.8 Å². The molecule has 2 aliphatic carbocycles. The first kappa shape index (κ1) is 32.7. The van der Waals surface area contributed by atoms with Gasteiger partial charge in [-0.15, -0.1) is 11.3 Å². The molecule has 4 saturated heterocycles. The molecule has 2 aromatic carbocycles. The van der Waals surface area contributed by atoms with Crippen LogP contribution >= 0.6 is 22.9 Å². The molecule has 2 bridgehead atoms. The van der Waals surface area contributed by atoms with Crippen LogP contribution in [0.5, 0.6) is 11.9 Å². The number of amides is 1. The molecule has 4 aromatic rings. The third-order valence-corrected chi connectivity index (χ3v) is 13.6. The predicted octanol–water partition coefficient (Wildman–Crippen LogP) is 5.97. The van der Waals surface area contributed by atoms with E-state index < -0.39 is 23.3 Å². The van der Waals surface area contributed by atoms with Crippen LogP contribution in [-0.2, 0) is 4.79 Å². The van der Waals surface area contributed by atoms with Crippen LogP contribution in [0, 0.1) is 34.8 Å². The second kappa shape index (κ2) is 11.8. The number of carbonyl (C=O) groups excluding carboxylic acids is 1. The van der Waals surface area contributed by atoms with E-state index in [2.05, 4.69) is 20.2 Å². The molecule has 2 aromatic heterocycles. The van der Waals surface area contributed by atoms with Gasteiger partial charge in [0.15, 0.2) is 5.82 Å². The summed E-state index contributed by atoms with van der Waals surface area (Å²) >= 11 is 7.76. The number of nitrogens with zero attached hydrogens (tertiary/aromatic N) is 5. The number of benzene rings is 2. The lowest BCUT2D eigenvalue weighted by Gasteiger charge is -2.32. The summed E-state index contributed by atoms with van der Waals surface area (Å²) in [5.74, 6) is -0.469. The van der Waals surface area contributed by atoms with Crippen LogP contribution in [0.2, 0.25) is 5.02 Å². The number of halogens is 4. The Balaban J connectivity index is 1.02. The first-order chi connectivity index (χ1) is 25.1. The largest absolute Gasteiger partial charge is 0.473 e. The molecule has 2 saturated carbocycles. The number of aromatic nitrogens is 2. The SMILES string of the molecule is N#Cc1c(N)sc2c(F)ccc(-c3c(Cl)cc4c(OC5C[C@@H]6C[C@H]5CN6C(=O)[C@@H]5N[C@H]5C5CC5)nc(OC[C@@]56CCCN5C[C@H](F)C6)nc4c3F)c12. The summed E-state index contributed by atoms with van der Waals surface area (Å²) in [5, 5.41) is 13.8. The van der Waals surface area contributed by atoms with E-state index in [-0.39, 0.29) is 96.2 Å². The molecule has 6 heterocycles. The lowest BCUT2D eigenvalue weighted by molar-refractivity contribution is -0.133. The minimum absolute atomic E-state index is 0.0130. The summed E-state index contributed by atoms with van der Waals surface area (Å²) in [5.41, 5.74) is 5.61. The first-order valence-corrected chi connectivity index (χ1v) is 19.2. The van der Waals surface area contributed by atoms with E-state index in [1.54, 1.807) is 0 Å². The average molecular weight is 750 g/mol. The van der Waals surface area contributed by atoms with Gasteiger partial charge in [-0.25, -0.2) is 13.2 Å². The van der Waals surface area contributed by atoms with Crippen molar-refractivity contribution in [2.45, 2.75) is 80.9 Å². The minimum Gasteiger partial charge on any atom is -0.473 e. The summed E-state index contributed by atoms with van der Waals surface area (Å²) in [6.07, 6.45) is 4.55. The number of rotatable bonds is 8. The third-order valence-electron chi connectivity index (χ3n) is 12.3. The molecule has 3 N–H and O–H groups in total. The highest BCUT2D eigenvalue weighted by Gasteiger charge is 2.56. The van der Waals surface area contributed by atoms with Crippen LogP contribution in [0.3, 0.4) is 0 Å². The number of nitriles is 1. The Labute approximate surface area is 306 Å². The van der Waals surface area contributed by atoms with Crippen molar-refractivity contribution in [3.05, 3.63) is 40.4 Å². The van der Waals surface area contributed by atoms with Crippen molar-refractivity contribution >= 4 is 54.8 Å². The monoisotopic (exact) mass is 749 g/mol. The highest BCUT2D eigenvalue weighted by Crippen LogP contribution is 2.48. The van der Waals surface area contributed by atoms with Crippen molar-refractivity contribution in [2.75, 3.05) is 32.0 Å².